The molecular formula is C17H25N3O3. The summed E-state index contributed by atoms with van der Waals surface area (Å²) in [5, 5.41) is 15.0. The lowest BCUT2D eigenvalue weighted by Crippen LogP contribution is -2.43. The molecule has 1 aliphatic rings. The maximum Gasteiger partial charge on any atom is 0.317 e. The van der Waals surface area contributed by atoms with E-state index in [-0.39, 0.29) is 30.5 Å². The average molecular weight is 319 g/mol. The molecule has 0 bridgehead atoms. The van der Waals surface area contributed by atoms with Gasteiger partial charge in [0.05, 0.1) is 12.6 Å². The van der Waals surface area contributed by atoms with E-state index >= 15 is 0 Å². The summed E-state index contributed by atoms with van der Waals surface area (Å²) in [6.45, 7) is 4.81. The number of carbonyl (C=O) groups is 2. The van der Waals surface area contributed by atoms with Gasteiger partial charge in [-0.05, 0) is 30.5 Å². The topological polar surface area (TPSA) is 81.7 Å². The quantitative estimate of drug-likeness (QED) is 0.776. The van der Waals surface area contributed by atoms with E-state index in [0.29, 0.717) is 13.1 Å². The number of aliphatic hydroxyl groups excluding tert-OH is 1. The highest BCUT2D eigenvalue weighted by atomic mass is 16.3. The second-order valence-corrected chi connectivity index (χ2v) is 6.17. The van der Waals surface area contributed by atoms with Crippen molar-refractivity contribution < 1.29 is 14.7 Å². The Hall–Kier alpha value is -2.08. The molecule has 23 heavy (non-hydrogen) atoms. The molecule has 1 aromatic rings. The number of benzene rings is 1. The van der Waals surface area contributed by atoms with Crippen molar-refractivity contribution in [3.05, 3.63) is 29.8 Å². The Kier molecular flexibility index (Phi) is 5.98. The first kappa shape index (κ1) is 17.3. The lowest BCUT2D eigenvalue weighted by atomic mass is 10.1. The SMILES string of the molecule is CC(C)C(=O)Nc1ccc(CNC(=O)N2CCC[C@@H]2CO)cc1. The smallest absolute Gasteiger partial charge is 0.317 e. The molecule has 0 unspecified atom stereocenters. The second-order valence-electron chi connectivity index (χ2n) is 6.17. The molecule has 1 heterocycles. The normalized spacial score (nSPS) is 17.4. The number of likely N-dealkylation sites (tertiary alicyclic amines) is 1. The summed E-state index contributed by atoms with van der Waals surface area (Å²) in [4.78, 5) is 25.4. The van der Waals surface area contributed by atoms with Crippen molar-refractivity contribution in [1.82, 2.24) is 10.2 Å². The largest absolute Gasteiger partial charge is 0.394 e. The van der Waals surface area contributed by atoms with E-state index in [4.69, 9.17) is 0 Å². The van der Waals surface area contributed by atoms with Crippen LogP contribution in [0.1, 0.15) is 32.3 Å². The minimum Gasteiger partial charge on any atom is -0.394 e. The second kappa shape index (κ2) is 7.97. The fourth-order valence-corrected chi connectivity index (χ4v) is 2.56. The molecule has 6 nitrogen and oxygen atoms in total. The standard InChI is InChI=1S/C17H25N3O3/c1-12(2)16(22)19-14-7-5-13(6-8-14)10-18-17(23)20-9-3-4-15(20)11-21/h5-8,12,15,21H,3-4,9-11H2,1-2H3,(H,18,23)(H,19,22)/t15-/m1/s1. The lowest BCUT2D eigenvalue weighted by molar-refractivity contribution is -0.118. The third kappa shape index (κ3) is 4.69. The number of nitrogens with zero attached hydrogens (tertiary/aromatic N) is 1. The number of urea groups is 1. The molecule has 3 N–H and O–H groups in total. The third-order valence-corrected chi connectivity index (χ3v) is 4.04. The molecule has 126 valence electrons. The number of anilines is 1. The van der Waals surface area contributed by atoms with Crippen LogP contribution < -0.4 is 10.6 Å². The van der Waals surface area contributed by atoms with E-state index < -0.39 is 0 Å². The van der Waals surface area contributed by atoms with Crippen LogP contribution in [0.15, 0.2) is 24.3 Å². The Morgan fingerprint density at radius 1 is 1.30 bits per heavy atom. The van der Waals surface area contributed by atoms with Gasteiger partial charge in [0.1, 0.15) is 0 Å². The van der Waals surface area contributed by atoms with Crippen molar-refractivity contribution in [1.29, 1.82) is 0 Å². The molecule has 1 aliphatic heterocycles. The fraction of sp³-hybridized carbons (Fsp3) is 0.529. The summed E-state index contributed by atoms with van der Waals surface area (Å²) in [7, 11) is 0. The number of hydrogen-bond donors (Lipinski definition) is 3. The molecule has 2 rings (SSSR count). The Bertz CT molecular complexity index is 543. The molecule has 0 radical (unpaired) electrons. The molecule has 0 aliphatic carbocycles. The third-order valence-electron chi connectivity index (χ3n) is 4.04. The number of hydrogen-bond acceptors (Lipinski definition) is 3. The predicted molar refractivity (Wildman–Crippen MR) is 89.0 cm³/mol. The van der Waals surface area contributed by atoms with Crippen molar-refractivity contribution in [3.8, 4) is 0 Å². The van der Waals surface area contributed by atoms with E-state index in [1.807, 2.05) is 38.1 Å². The van der Waals surface area contributed by atoms with Gasteiger partial charge in [-0.2, -0.15) is 0 Å². The Morgan fingerprint density at radius 3 is 2.61 bits per heavy atom. The molecule has 0 saturated carbocycles. The van der Waals surface area contributed by atoms with Crippen LogP contribution in [0.5, 0.6) is 0 Å². The summed E-state index contributed by atoms with van der Waals surface area (Å²) in [5.74, 6) is -0.0796. The fourth-order valence-electron chi connectivity index (χ4n) is 2.56. The summed E-state index contributed by atoms with van der Waals surface area (Å²) < 4.78 is 0. The maximum absolute atomic E-state index is 12.1. The summed E-state index contributed by atoms with van der Waals surface area (Å²) in [6.07, 6.45) is 1.79. The lowest BCUT2D eigenvalue weighted by Gasteiger charge is -2.23. The maximum atomic E-state index is 12.1. The van der Waals surface area contributed by atoms with Crippen LogP contribution in [0.3, 0.4) is 0 Å². The van der Waals surface area contributed by atoms with E-state index in [9.17, 15) is 14.7 Å². The van der Waals surface area contributed by atoms with Gasteiger partial charge in [0.2, 0.25) is 5.91 Å². The van der Waals surface area contributed by atoms with E-state index in [2.05, 4.69) is 10.6 Å². The van der Waals surface area contributed by atoms with Crippen molar-refractivity contribution in [2.24, 2.45) is 5.92 Å². The van der Waals surface area contributed by atoms with Gasteiger partial charge in [0.25, 0.3) is 0 Å². The van der Waals surface area contributed by atoms with Gasteiger partial charge in [0, 0.05) is 24.7 Å². The highest BCUT2D eigenvalue weighted by Crippen LogP contribution is 2.17. The number of nitrogens with one attached hydrogen (secondary N) is 2. The van der Waals surface area contributed by atoms with Crippen molar-refractivity contribution in [2.45, 2.75) is 39.3 Å². The van der Waals surface area contributed by atoms with Gasteiger partial charge in [-0.3, -0.25) is 4.79 Å². The van der Waals surface area contributed by atoms with Crippen LogP contribution >= 0.6 is 0 Å². The predicted octanol–water partition coefficient (Wildman–Crippen LogP) is 1.95. The van der Waals surface area contributed by atoms with Crippen LogP contribution in [0.2, 0.25) is 0 Å². The first-order valence-electron chi connectivity index (χ1n) is 8.06. The Morgan fingerprint density at radius 2 is 2.00 bits per heavy atom. The molecular weight excluding hydrogens is 294 g/mol. The van der Waals surface area contributed by atoms with Crippen LogP contribution in [-0.4, -0.2) is 41.1 Å². The van der Waals surface area contributed by atoms with Gasteiger partial charge < -0.3 is 20.6 Å². The zero-order chi connectivity index (χ0) is 16.8. The molecule has 0 aromatic heterocycles. The minimum atomic E-state index is -0.140. The van der Waals surface area contributed by atoms with Gasteiger partial charge in [-0.1, -0.05) is 26.0 Å². The van der Waals surface area contributed by atoms with Crippen molar-refractivity contribution in [2.75, 3.05) is 18.5 Å². The number of amides is 3. The molecule has 1 aromatic carbocycles. The van der Waals surface area contributed by atoms with E-state index in [0.717, 1.165) is 24.1 Å². The Balaban J connectivity index is 1.84. The first-order valence-corrected chi connectivity index (χ1v) is 8.06. The molecule has 1 saturated heterocycles. The molecule has 6 heteroatoms. The Labute approximate surface area is 136 Å². The van der Waals surface area contributed by atoms with Gasteiger partial charge >= 0.3 is 6.03 Å². The summed E-state index contributed by atoms with van der Waals surface area (Å²) in [6, 6.07) is 7.21. The van der Waals surface area contributed by atoms with Crippen molar-refractivity contribution in [3.63, 3.8) is 0 Å². The first-order chi connectivity index (χ1) is 11.0. The number of carbonyl (C=O) groups excluding carboxylic acids is 2. The zero-order valence-electron chi connectivity index (χ0n) is 13.7. The molecule has 0 spiro atoms. The van der Waals surface area contributed by atoms with E-state index in [1.165, 1.54) is 0 Å². The van der Waals surface area contributed by atoms with Gasteiger partial charge in [0.15, 0.2) is 0 Å². The van der Waals surface area contributed by atoms with E-state index in [1.54, 1.807) is 4.90 Å². The van der Waals surface area contributed by atoms with Gasteiger partial charge in [-0.15, -0.1) is 0 Å². The molecule has 3 amide bonds. The zero-order valence-corrected chi connectivity index (χ0v) is 13.7. The molecule has 1 atom stereocenters. The van der Waals surface area contributed by atoms with Crippen LogP contribution in [0.4, 0.5) is 10.5 Å². The summed E-state index contributed by atoms with van der Waals surface area (Å²) >= 11 is 0. The van der Waals surface area contributed by atoms with Crippen LogP contribution in [-0.2, 0) is 11.3 Å². The highest BCUT2D eigenvalue weighted by molar-refractivity contribution is 5.92. The number of rotatable bonds is 5. The van der Waals surface area contributed by atoms with Crippen LogP contribution in [0, 0.1) is 5.92 Å². The van der Waals surface area contributed by atoms with Crippen LogP contribution in [0.25, 0.3) is 0 Å². The average Bonchev–Trinajstić information content (AvgIpc) is 3.02. The minimum absolute atomic E-state index is 0.0116. The molecule has 1 fully saturated rings. The highest BCUT2D eigenvalue weighted by Gasteiger charge is 2.27. The summed E-state index contributed by atoms with van der Waals surface area (Å²) in [5.41, 5.74) is 1.71. The number of aliphatic hydroxyl groups is 1. The monoisotopic (exact) mass is 319 g/mol. The van der Waals surface area contributed by atoms with Crippen molar-refractivity contribution >= 4 is 17.6 Å². The van der Waals surface area contributed by atoms with Gasteiger partial charge in [-0.25, -0.2) is 4.79 Å².